The molecule has 0 atom stereocenters. The molecule has 0 spiro atoms. The number of aryl methyl sites for hydroxylation is 2. The summed E-state index contributed by atoms with van der Waals surface area (Å²) in [6.07, 6.45) is 0. The van der Waals surface area contributed by atoms with E-state index in [0.717, 1.165) is 21.5 Å². The molecule has 0 aliphatic carbocycles. The molecule has 0 unspecified atom stereocenters. The fourth-order valence-corrected chi connectivity index (χ4v) is 4.11. The lowest BCUT2D eigenvalue weighted by Crippen LogP contribution is -2.48. The van der Waals surface area contributed by atoms with Crippen molar-refractivity contribution in [1.29, 1.82) is 0 Å². The molecule has 1 aliphatic rings. The Morgan fingerprint density at radius 2 is 1.71 bits per heavy atom. The first-order valence-electron chi connectivity index (χ1n) is 9.95. The second-order valence-electron chi connectivity index (χ2n) is 7.56. The molecular weight excluding hydrogens is 462 g/mol. The van der Waals surface area contributed by atoms with Gasteiger partial charge in [0.1, 0.15) is 5.69 Å². The van der Waals surface area contributed by atoms with Crippen LogP contribution in [0.1, 0.15) is 21.7 Å². The van der Waals surface area contributed by atoms with Crippen molar-refractivity contribution in [2.24, 2.45) is 0 Å². The largest absolute Gasteiger partial charge is 0.368 e. The Hall–Kier alpha value is -3.20. The van der Waals surface area contributed by atoms with Gasteiger partial charge in [0.05, 0.1) is 10.6 Å². The molecule has 1 aliphatic heterocycles. The number of amides is 1. The van der Waals surface area contributed by atoms with Gasteiger partial charge in [-0.25, -0.2) is 4.68 Å². The highest BCUT2D eigenvalue weighted by Crippen LogP contribution is 2.30. The predicted octanol–water partition coefficient (Wildman–Crippen LogP) is 4.12. The highest BCUT2D eigenvalue weighted by Gasteiger charge is 2.25. The first-order chi connectivity index (χ1) is 14.8. The highest BCUT2D eigenvalue weighted by molar-refractivity contribution is 9.10. The molecule has 0 saturated carbocycles. The number of anilines is 1. The van der Waals surface area contributed by atoms with E-state index in [-0.39, 0.29) is 16.5 Å². The van der Waals surface area contributed by atoms with Crippen LogP contribution in [0.2, 0.25) is 0 Å². The number of carbonyl (C=O) groups is 1. The van der Waals surface area contributed by atoms with Crippen molar-refractivity contribution in [1.82, 2.24) is 14.7 Å². The molecule has 0 radical (unpaired) electrons. The molecule has 0 bridgehead atoms. The Balaban J connectivity index is 1.54. The number of aromatic nitrogens is 2. The van der Waals surface area contributed by atoms with E-state index >= 15 is 0 Å². The third-order valence-electron chi connectivity index (χ3n) is 5.42. The smallest absolute Gasteiger partial charge is 0.295 e. The Morgan fingerprint density at radius 3 is 2.29 bits per heavy atom. The predicted molar refractivity (Wildman–Crippen MR) is 122 cm³/mol. The first-order valence-corrected chi connectivity index (χ1v) is 10.7. The van der Waals surface area contributed by atoms with E-state index in [0.29, 0.717) is 37.4 Å². The van der Waals surface area contributed by atoms with Crippen LogP contribution in [-0.4, -0.2) is 51.7 Å². The fourth-order valence-electron chi connectivity index (χ4n) is 3.85. The number of halogens is 1. The maximum atomic E-state index is 12.8. The Morgan fingerprint density at radius 1 is 1.03 bits per heavy atom. The quantitative estimate of drug-likeness (QED) is 0.411. The van der Waals surface area contributed by atoms with Gasteiger partial charge in [-0.15, -0.1) is 0 Å². The average Bonchev–Trinajstić information content (AvgIpc) is 3.11. The Labute approximate surface area is 188 Å². The number of nitro benzene ring substituents is 1. The van der Waals surface area contributed by atoms with Gasteiger partial charge >= 0.3 is 0 Å². The number of piperazine rings is 1. The van der Waals surface area contributed by atoms with Crippen LogP contribution in [0.4, 0.5) is 11.4 Å². The molecule has 9 heteroatoms. The fraction of sp³-hybridized carbons (Fsp3) is 0.273. The molecule has 160 valence electrons. The average molecular weight is 484 g/mol. The summed E-state index contributed by atoms with van der Waals surface area (Å²) in [4.78, 5) is 27.9. The summed E-state index contributed by atoms with van der Waals surface area (Å²) < 4.78 is 2.55. The van der Waals surface area contributed by atoms with E-state index in [2.05, 4.69) is 25.9 Å². The molecule has 2 heterocycles. The molecule has 1 aromatic heterocycles. The van der Waals surface area contributed by atoms with Crippen molar-refractivity contribution in [3.8, 4) is 5.69 Å². The number of nitrogens with zero attached hydrogens (tertiary/aromatic N) is 5. The first kappa shape index (κ1) is 21.0. The van der Waals surface area contributed by atoms with Crippen LogP contribution >= 0.6 is 15.9 Å². The van der Waals surface area contributed by atoms with Crippen molar-refractivity contribution in [2.75, 3.05) is 31.1 Å². The van der Waals surface area contributed by atoms with Crippen molar-refractivity contribution in [3.05, 3.63) is 80.1 Å². The summed E-state index contributed by atoms with van der Waals surface area (Å²) in [7, 11) is 0. The zero-order valence-electron chi connectivity index (χ0n) is 17.3. The molecule has 31 heavy (non-hydrogen) atoms. The lowest BCUT2D eigenvalue weighted by atomic mass is 10.1. The Kier molecular flexibility index (Phi) is 5.77. The van der Waals surface area contributed by atoms with E-state index in [1.165, 1.54) is 6.07 Å². The number of hydrogen-bond donors (Lipinski definition) is 0. The molecule has 1 saturated heterocycles. The number of carbonyl (C=O) groups excluding carboxylic acids is 1. The number of nitro groups is 1. The van der Waals surface area contributed by atoms with Crippen LogP contribution in [0.15, 0.2) is 53.0 Å². The van der Waals surface area contributed by atoms with Gasteiger partial charge in [-0.3, -0.25) is 14.9 Å². The number of rotatable bonds is 4. The van der Waals surface area contributed by atoms with Gasteiger partial charge in [0.15, 0.2) is 0 Å². The van der Waals surface area contributed by atoms with Gasteiger partial charge in [-0.05, 0) is 56.3 Å². The van der Waals surface area contributed by atoms with Crippen LogP contribution in [0, 0.1) is 24.0 Å². The van der Waals surface area contributed by atoms with Crippen LogP contribution in [0.3, 0.4) is 0 Å². The van der Waals surface area contributed by atoms with Crippen LogP contribution in [0.5, 0.6) is 0 Å². The number of hydrogen-bond acceptors (Lipinski definition) is 5. The lowest BCUT2D eigenvalue weighted by molar-refractivity contribution is -0.384. The molecule has 2 aromatic carbocycles. The van der Waals surface area contributed by atoms with Gasteiger partial charge in [-0.1, -0.05) is 15.9 Å². The Bertz CT molecular complexity index is 1130. The number of benzene rings is 2. The van der Waals surface area contributed by atoms with Crippen molar-refractivity contribution in [2.45, 2.75) is 13.8 Å². The molecule has 1 amide bonds. The third-order valence-corrected chi connectivity index (χ3v) is 5.95. The van der Waals surface area contributed by atoms with Crippen LogP contribution < -0.4 is 4.90 Å². The highest BCUT2D eigenvalue weighted by atomic mass is 79.9. The monoisotopic (exact) mass is 483 g/mol. The zero-order valence-corrected chi connectivity index (χ0v) is 18.9. The van der Waals surface area contributed by atoms with E-state index in [1.807, 2.05) is 55.1 Å². The second-order valence-corrected chi connectivity index (χ2v) is 8.47. The standard InChI is InChI=1S/C22H22BrN5O3/c1-15-13-16(2)27(24-15)21-14-19(7-8-20(21)28(30)31)25-9-11-26(12-10-25)22(29)17-3-5-18(23)6-4-17/h3-8,13-14H,9-12H2,1-2H3. The van der Waals surface area contributed by atoms with E-state index in [4.69, 9.17) is 0 Å². The summed E-state index contributed by atoms with van der Waals surface area (Å²) in [5, 5.41) is 16.0. The van der Waals surface area contributed by atoms with Crippen LogP contribution in [-0.2, 0) is 0 Å². The van der Waals surface area contributed by atoms with Gasteiger partial charge < -0.3 is 9.80 Å². The SMILES string of the molecule is Cc1cc(C)n(-c2cc(N3CCN(C(=O)c4ccc(Br)cc4)CC3)ccc2[N+](=O)[O-])n1. The summed E-state index contributed by atoms with van der Waals surface area (Å²) in [5.74, 6) is 0.0131. The minimum atomic E-state index is -0.385. The third kappa shape index (κ3) is 4.32. The van der Waals surface area contributed by atoms with Crippen LogP contribution in [0.25, 0.3) is 5.69 Å². The van der Waals surface area contributed by atoms with E-state index < -0.39 is 0 Å². The van der Waals surface area contributed by atoms with Gasteiger partial charge in [0.25, 0.3) is 11.6 Å². The summed E-state index contributed by atoms with van der Waals surface area (Å²) >= 11 is 3.39. The molecule has 8 nitrogen and oxygen atoms in total. The minimum Gasteiger partial charge on any atom is -0.368 e. The molecular formula is C22H22BrN5O3. The van der Waals surface area contributed by atoms with Gasteiger partial charge in [0, 0.05) is 53.7 Å². The van der Waals surface area contributed by atoms with Gasteiger partial charge in [0.2, 0.25) is 0 Å². The molecule has 3 aromatic rings. The molecule has 4 rings (SSSR count). The maximum absolute atomic E-state index is 12.8. The van der Waals surface area contributed by atoms with Gasteiger partial charge in [-0.2, -0.15) is 5.10 Å². The van der Waals surface area contributed by atoms with Crippen molar-refractivity contribution >= 4 is 33.2 Å². The molecule has 0 N–H and O–H groups in total. The van der Waals surface area contributed by atoms with E-state index in [9.17, 15) is 14.9 Å². The summed E-state index contributed by atoms with van der Waals surface area (Å²) in [6.45, 7) is 6.21. The topological polar surface area (TPSA) is 84.5 Å². The zero-order chi connectivity index (χ0) is 22.1. The summed E-state index contributed by atoms with van der Waals surface area (Å²) in [5.41, 5.74) is 3.64. The van der Waals surface area contributed by atoms with E-state index in [1.54, 1.807) is 10.7 Å². The summed E-state index contributed by atoms with van der Waals surface area (Å²) in [6, 6.07) is 14.3. The molecule has 1 fully saturated rings. The lowest BCUT2D eigenvalue weighted by Gasteiger charge is -2.36. The second kappa shape index (κ2) is 8.50. The minimum absolute atomic E-state index is 0.0130. The van der Waals surface area contributed by atoms with Crippen molar-refractivity contribution in [3.63, 3.8) is 0 Å². The maximum Gasteiger partial charge on any atom is 0.295 e. The normalized spacial score (nSPS) is 14.0. The van der Waals surface area contributed by atoms with Crippen molar-refractivity contribution < 1.29 is 9.72 Å².